The second kappa shape index (κ2) is 8.21. The maximum absolute atomic E-state index is 11.8. The van der Waals surface area contributed by atoms with Crippen LogP contribution in [0.25, 0.3) is 0 Å². The number of non-ortho nitro benzene ring substituents is 1. The minimum absolute atomic E-state index is 0.0645. The van der Waals surface area contributed by atoms with Crippen molar-refractivity contribution in [3.63, 3.8) is 0 Å². The zero-order valence-corrected chi connectivity index (χ0v) is 14.3. The third-order valence-corrected chi connectivity index (χ3v) is 4.36. The molecule has 0 radical (unpaired) electrons. The van der Waals surface area contributed by atoms with Crippen molar-refractivity contribution >= 4 is 23.4 Å². The first-order valence-corrected chi connectivity index (χ1v) is 8.38. The number of carbonyl (C=O) groups is 1. The second-order valence-corrected chi connectivity index (χ2v) is 6.31. The highest BCUT2D eigenvalue weighted by Crippen LogP contribution is 2.29. The van der Waals surface area contributed by atoms with Crippen LogP contribution in [-0.2, 0) is 11.3 Å². The van der Waals surface area contributed by atoms with Crippen molar-refractivity contribution in [2.45, 2.75) is 16.4 Å². The topological polar surface area (TPSA) is 95.2 Å². The molecule has 0 amide bonds. The predicted molar refractivity (Wildman–Crippen MR) is 94.8 cm³/mol. The minimum Gasteiger partial charge on any atom is -0.456 e. The fraction of sp³-hybridized carbons (Fsp3) is 0.0556. The van der Waals surface area contributed by atoms with Crippen LogP contribution in [0.5, 0.6) is 0 Å². The number of nitro groups is 1. The molecule has 3 rings (SSSR count). The van der Waals surface area contributed by atoms with Gasteiger partial charge >= 0.3 is 5.97 Å². The summed E-state index contributed by atoms with van der Waals surface area (Å²) in [4.78, 5) is 31.6. The first kappa shape index (κ1) is 17.6. The van der Waals surface area contributed by atoms with Crippen LogP contribution in [0.4, 0.5) is 5.69 Å². The lowest BCUT2D eigenvalue weighted by Crippen LogP contribution is -2.07. The van der Waals surface area contributed by atoms with Crippen LogP contribution in [-0.4, -0.2) is 20.9 Å². The zero-order chi connectivity index (χ0) is 18.4. The van der Waals surface area contributed by atoms with Gasteiger partial charge in [-0.15, -0.1) is 0 Å². The van der Waals surface area contributed by atoms with E-state index in [4.69, 9.17) is 4.74 Å². The number of nitrogens with zero attached hydrogens (tertiary/aromatic N) is 3. The molecule has 0 fully saturated rings. The summed E-state index contributed by atoms with van der Waals surface area (Å²) in [5.41, 5.74) is 1.07. The standard InChI is InChI=1S/C18H13N3O4S/c22-18(17-11-19-9-10-20-17)25-12-13-1-5-15(6-2-13)26-16-7-3-14(4-8-16)21(23)24/h1-11H,12H2. The van der Waals surface area contributed by atoms with Crippen molar-refractivity contribution in [2.75, 3.05) is 0 Å². The van der Waals surface area contributed by atoms with E-state index >= 15 is 0 Å². The Hall–Kier alpha value is -3.26. The van der Waals surface area contributed by atoms with E-state index in [-0.39, 0.29) is 18.0 Å². The molecule has 0 bridgehead atoms. The van der Waals surface area contributed by atoms with Crippen LogP contribution in [0.1, 0.15) is 16.1 Å². The molecular weight excluding hydrogens is 354 g/mol. The van der Waals surface area contributed by atoms with Gasteiger partial charge in [0.15, 0.2) is 5.69 Å². The Labute approximate surface area is 153 Å². The molecule has 8 heteroatoms. The number of nitro benzene ring substituents is 1. The van der Waals surface area contributed by atoms with Gasteiger partial charge in [0, 0.05) is 34.3 Å². The third-order valence-electron chi connectivity index (χ3n) is 3.35. The van der Waals surface area contributed by atoms with Crippen molar-refractivity contribution in [1.29, 1.82) is 0 Å². The monoisotopic (exact) mass is 367 g/mol. The van der Waals surface area contributed by atoms with Gasteiger partial charge in [-0.05, 0) is 29.8 Å². The van der Waals surface area contributed by atoms with Crippen LogP contribution in [0, 0.1) is 10.1 Å². The van der Waals surface area contributed by atoms with Crippen molar-refractivity contribution in [3.8, 4) is 0 Å². The van der Waals surface area contributed by atoms with E-state index in [0.717, 1.165) is 15.4 Å². The number of hydrogen-bond donors (Lipinski definition) is 0. The lowest BCUT2D eigenvalue weighted by molar-refractivity contribution is -0.384. The molecule has 0 saturated heterocycles. The summed E-state index contributed by atoms with van der Waals surface area (Å²) in [6.07, 6.45) is 4.27. The zero-order valence-electron chi connectivity index (χ0n) is 13.4. The first-order valence-electron chi connectivity index (χ1n) is 7.56. The quantitative estimate of drug-likeness (QED) is 0.370. The molecule has 130 valence electrons. The van der Waals surface area contributed by atoms with Gasteiger partial charge in [0.25, 0.3) is 5.69 Å². The summed E-state index contributed by atoms with van der Waals surface area (Å²) in [6, 6.07) is 13.9. The van der Waals surface area contributed by atoms with E-state index in [9.17, 15) is 14.9 Å². The van der Waals surface area contributed by atoms with Crippen LogP contribution < -0.4 is 0 Å². The van der Waals surface area contributed by atoms with Crippen LogP contribution in [0.15, 0.2) is 76.9 Å². The fourth-order valence-corrected chi connectivity index (χ4v) is 2.87. The third kappa shape index (κ3) is 4.64. The number of esters is 1. The second-order valence-electron chi connectivity index (χ2n) is 5.16. The van der Waals surface area contributed by atoms with Gasteiger partial charge in [-0.1, -0.05) is 23.9 Å². The van der Waals surface area contributed by atoms with Gasteiger partial charge in [-0.3, -0.25) is 15.1 Å². The Bertz CT molecular complexity index is 900. The van der Waals surface area contributed by atoms with Gasteiger partial charge in [-0.25, -0.2) is 9.78 Å². The number of hydrogen-bond acceptors (Lipinski definition) is 7. The number of rotatable bonds is 6. The van der Waals surface area contributed by atoms with Gasteiger partial charge in [0.05, 0.1) is 11.1 Å². The normalized spacial score (nSPS) is 10.3. The molecule has 0 N–H and O–H groups in total. The molecule has 0 aliphatic carbocycles. The van der Waals surface area contributed by atoms with E-state index in [0.29, 0.717) is 0 Å². The Morgan fingerprint density at radius 1 is 1.04 bits per heavy atom. The summed E-state index contributed by atoms with van der Waals surface area (Å²) in [6.45, 7) is 0.137. The van der Waals surface area contributed by atoms with Gasteiger partial charge < -0.3 is 4.74 Å². The van der Waals surface area contributed by atoms with E-state index < -0.39 is 10.9 Å². The van der Waals surface area contributed by atoms with Crippen LogP contribution in [0.3, 0.4) is 0 Å². The van der Waals surface area contributed by atoms with Crippen LogP contribution >= 0.6 is 11.8 Å². The summed E-state index contributed by atoms with van der Waals surface area (Å²) >= 11 is 1.49. The molecule has 3 aromatic rings. The highest BCUT2D eigenvalue weighted by Gasteiger charge is 2.09. The average Bonchev–Trinajstić information content (AvgIpc) is 2.68. The molecule has 1 aromatic heterocycles. The van der Waals surface area contributed by atoms with E-state index in [1.165, 1.54) is 42.5 Å². The minimum atomic E-state index is -0.526. The number of aromatic nitrogens is 2. The van der Waals surface area contributed by atoms with Gasteiger partial charge in [-0.2, -0.15) is 0 Å². The van der Waals surface area contributed by atoms with Gasteiger partial charge in [0.1, 0.15) is 6.61 Å². The molecule has 0 atom stereocenters. The summed E-state index contributed by atoms with van der Waals surface area (Å²) in [7, 11) is 0. The molecule has 2 aromatic carbocycles. The Morgan fingerprint density at radius 2 is 1.69 bits per heavy atom. The average molecular weight is 367 g/mol. The lowest BCUT2D eigenvalue weighted by atomic mass is 10.2. The summed E-state index contributed by atoms with van der Waals surface area (Å²) in [5, 5.41) is 10.7. The molecule has 7 nitrogen and oxygen atoms in total. The highest BCUT2D eigenvalue weighted by molar-refractivity contribution is 7.99. The van der Waals surface area contributed by atoms with Gasteiger partial charge in [0.2, 0.25) is 0 Å². The van der Waals surface area contributed by atoms with Crippen LogP contribution in [0.2, 0.25) is 0 Å². The molecule has 0 spiro atoms. The van der Waals surface area contributed by atoms with Crippen molar-refractivity contribution < 1.29 is 14.5 Å². The van der Waals surface area contributed by atoms with Crippen molar-refractivity contribution in [2.24, 2.45) is 0 Å². The molecule has 0 saturated carbocycles. The van der Waals surface area contributed by atoms with Crippen molar-refractivity contribution in [1.82, 2.24) is 9.97 Å². The Kier molecular flexibility index (Phi) is 5.55. The maximum atomic E-state index is 11.8. The summed E-state index contributed by atoms with van der Waals surface area (Å²) in [5.74, 6) is -0.526. The fourth-order valence-electron chi connectivity index (χ4n) is 2.05. The number of ether oxygens (including phenoxy) is 1. The molecule has 0 unspecified atom stereocenters. The maximum Gasteiger partial charge on any atom is 0.358 e. The lowest BCUT2D eigenvalue weighted by Gasteiger charge is -2.06. The predicted octanol–water partition coefficient (Wildman–Crippen LogP) is 3.89. The number of carbonyl (C=O) groups excluding carboxylic acids is 1. The SMILES string of the molecule is O=C(OCc1ccc(Sc2ccc([N+](=O)[O-])cc2)cc1)c1cnccn1. The van der Waals surface area contributed by atoms with E-state index in [2.05, 4.69) is 9.97 Å². The molecule has 0 aliphatic rings. The first-order chi connectivity index (χ1) is 12.6. The Balaban J connectivity index is 1.56. The highest BCUT2D eigenvalue weighted by atomic mass is 32.2. The number of benzene rings is 2. The van der Waals surface area contributed by atoms with E-state index in [1.54, 1.807) is 12.1 Å². The molecule has 26 heavy (non-hydrogen) atoms. The molecule has 1 heterocycles. The largest absolute Gasteiger partial charge is 0.456 e. The van der Waals surface area contributed by atoms with Crippen molar-refractivity contribution in [3.05, 3.63) is 88.5 Å². The van der Waals surface area contributed by atoms with E-state index in [1.807, 2.05) is 24.3 Å². The Morgan fingerprint density at radius 3 is 2.27 bits per heavy atom. The smallest absolute Gasteiger partial charge is 0.358 e. The molecular formula is C18H13N3O4S. The molecule has 0 aliphatic heterocycles. The summed E-state index contributed by atoms with van der Waals surface area (Å²) < 4.78 is 5.20.